The number of hydrogen-bond acceptors (Lipinski definition) is 4. The molecule has 0 bridgehead atoms. The van der Waals surface area contributed by atoms with Gasteiger partial charge in [-0.25, -0.2) is 0 Å². The van der Waals surface area contributed by atoms with Crippen LogP contribution in [-0.4, -0.2) is 15.0 Å². The van der Waals surface area contributed by atoms with Crippen molar-refractivity contribution in [3.63, 3.8) is 0 Å². The quantitative estimate of drug-likeness (QED) is 0.434. The molecule has 0 saturated heterocycles. The third-order valence-electron chi connectivity index (χ3n) is 4.05. The summed E-state index contributed by atoms with van der Waals surface area (Å²) < 4.78 is 2.52. The summed E-state index contributed by atoms with van der Waals surface area (Å²) in [5.74, 6) is 0. The SMILES string of the molecule is c1ccc2c(c1)sc1ccnc(-c3cc4cnccc4cn3)c12. The standard InChI is InChI=1S/C19H11N3S/c1-2-4-16-14(3-1)18-17(23-16)6-8-21-19(18)15-9-13-10-20-7-5-12(13)11-22-15/h1-11H. The Hall–Kier alpha value is -2.85. The molecule has 108 valence electrons. The summed E-state index contributed by atoms with van der Waals surface area (Å²) >= 11 is 1.79. The van der Waals surface area contributed by atoms with E-state index >= 15 is 0 Å². The number of benzene rings is 1. The highest BCUT2D eigenvalue weighted by molar-refractivity contribution is 7.25. The second kappa shape index (κ2) is 4.83. The van der Waals surface area contributed by atoms with Gasteiger partial charge >= 0.3 is 0 Å². The molecule has 0 N–H and O–H groups in total. The Kier molecular flexibility index (Phi) is 2.66. The number of hydrogen-bond donors (Lipinski definition) is 0. The fourth-order valence-electron chi connectivity index (χ4n) is 2.97. The number of fused-ring (bicyclic) bond motifs is 4. The van der Waals surface area contributed by atoms with E-state index in [-0.39, 0.29) is 0 Å². The molecule has 0 amide bonds. The first-order valence-corrected chi connectivity index (χ1v) is 8.18. The molecule has 0 aliphatic carbocycles. The van der Waals surface area contributed by atoms with Gasteiger partial charge in [-0.1, -0.05) is 18.2 Å². The summed E-state index contributed by atoms with van der Waals surface area (Å²) in [5.41, 5.74) is 1.82. The second-order valence-electron chi connectivity index (χ2n) is 5.42. The Labute approximate surface area is 136 Å². The Morgan fingerprint density at radius 2 is 1.74 bits per heavy atom. The number of aromatic nitrogens is 3. The van der Waals surface area contributed by atoms with Crippen LogP contribution in [0.1, 0.15) is 0 Å². The molecule has 0 atom stereocenters. The van der Waals surface area contributed by atoms with Crippen molar-refractivity contribution in [3.8, 4) is 11.4 Å². The van der Waals surface area contributed by atoms with Crippen LogP contribution in [-0.2, 0) is 0 Å². The zero-order valence-electron chi connectivity index (χ0n) is 12.1. The van der Waals surface area contributed by atoms with Gasteiger partial charge in [0.2, 0.25) is 0 Å². The van der Waals surface area contributed by atoms with Crippen molar-refractivity contribution in [1.29, 1.82) is 0 Å². The molecule has 4 heteroatoms. The third kappa shape index (κ3) is 1.92. The molecule has 5 aromatic rings. The Balaban J connectivity index is 1.87. The molecular formula is C19H11N3S. The average molecular weight is 313 g/mol. The molecule has 1 aromatic carbocycles. The van der Waals surface area contributed by atoms with Gasteiger partial charge < -0.3 is 0 Å². The molecule has 0 aliphatic rings. The van der Waals surface area contributed by atoms with E-state index < -0.39 is 0 Å². The van der Waals surface area contributed by atoms with Gasteiger partial charge in [-0.05, 0) is 24.3 Å². The van der Waals surface area contributed by atoms with Crippen LogP contribution >= 0.6 is 11.3 Å². The molecule has 4 heterocycles. The van der Waals surface area contributed by atoms with Crippen LogP contribution < -0.4 is 0 Å². The molecule has 0 fully saturated rings. The molecular weight excluding hydrogens is 302 g/mol. The number of nitrogens with zero attached hydrogens (tertiary/aromatic N) is 3. The summed E-state index contributed by atoms with van der Waals surface area (Å²) in [6.07, 6.45) is 7.41. The van der Waals surface area contributed by atoms with Crippen molar-refractivity contribution < 1.29 is 0 Å². The summed E-state index contributed by atoms with van der Waals surface area (Å²) in [6.45, 7) is 0. The van der Waals surface area contributed by atoms with Crippen LogP contribution in [0.2, 0.25) is 0 Å². The van der Waals surface area contributed by atoms with Gasteiger partial charge in [-0.2, -0.15) is 0 Å². The Morgan fingerprint density at radius 3 is 2.74 bits per heavy atom. The summed E-state index contributed by atoms with van der Waals surface area (Å²) in [5, 5.41) is 4.59. The molecule has 0 spiro atoms. The lowest BCUT2D eigenvalue weighted by Crippen LogP contribution is -1.88. The molecule has 0 radical (unpaired) electrons. The molecule has 0 unspecified atom stereocenters. The van der Waals surface area contributed by atoms with Gasteiger partial charge in [-0.15, -0.1) is 11.3 Å². The zero-order chi connectivity index (χ0) is 15.2. The van der Waals surface area contributed by atoms with E-state index in [9.17, 15) is 0 Å². The van der Waals surface area contributed by atoms with Crippen LogP contribution in [0.15, 0.2) is 67.3 Å². The number of rotatable bonds is 1. The van der Waals surface area contributed by atoms with Crippen LogP contribution in [0.25, 0.3) is 42.3 Å². The highest BCUT2D eigenvalue weighted by atomic mass is 32.1. The molecule has 0 aliphatic heterocycles. The third-order valence-corrected chi connectivity index (χ3v) is 5.19. The van der Waals surface area contributed by atoms with Crippen LogP contribution in [0.5, 0.6) is 0 Å². The van der Waals surface area contributed by atoms with Gasteiger partial charge in [0.05, 0.1) is 11.4 Å². The topological polar surface area (TPSA) is 38.7 Å². The maximum absolute atomic E-state index is 4.63. The second-order valence-corrected chi connectivity index (χ2v) is 6.51. The number of pyridine rings is 3. The van der Waals surface area contributed by atoms with Crippen molar-refractivity contribution in [3.05, 3.63) is 67.3 Å². The smallest absolute Gasteiger partial charge is 0.0979 e. The van der Waals surface area contributed by atoms with Crippen LogP contribution in [0.4, 0.5) is 0 Å². The lowest BCUT2D eigenvalue weighted by Gasteiger charge is -2.04. The van der Waals surface area contributed by atoms with Crippen LogP contribution in [0.3, 0.4) is 0 Å². The van der Waals surface area contributed by atoms with E-state index in [0.717, 1.165) is 22.2 Å². The maximum atomic E-state index is 4.63. The fraction of sp³-hybridized carbons (Fsp3) is 0. The van der Waals surface area contributed by atoms with Crippen molar-refractivity contribution in [2.24, 2.45) is 0 Å². The van der Waals surface area contributed by atoms with Crippen molar-refractivity contribution >= 4 is 42.3 Å². The maximum Gasteiger partial charge on any atom is 0.0979 e. The summed E-state index contributed by atoms with van der Waals surface area (Å²) in [7, 11) is 0. The minimum atomic E-state index is 0.889. The van der Waals surface area contributed by atoms with E-state index in [2.05, 4.69) is 51.4 Å². The summed E-state index contributed by atoms with van der Waals surface area (Å²) in [6, 6.07) is 14.6. The Morgan fingerprint density at radius 1 is 0.783 bits per heavy atom. The summed E-state index contributed by atoms with van der Waals surface area (Å²) in [4.78, 5) is 13.5. The minimum absolute atomic E-state index is 0.889. The van der Waals surface area contributed by atoms with E-state index in [0.29, 0.717) is 0 Å². The molecule has 5 rings (SSSR count). The molecule has 4 aromatic heterocycles. The highest BCUT2D eigenvalue weighted by Crippen LogP contribution is 2.38. The monoisotopic (exact) mass is 313 g/mol. The van der Waals surface area contributed by atoms with E-state index in [1.54, 1.807) is 17.5 Å². The normalized spacial score (nSPS) is 11.5. The minimum Gasteiger partial charge on any atom is -0.264 e. The Bertz CT molecular complexity index is 1180. The van der Waals surface area contributed by atoms with Crippen molar-refractivity contribution in [2.75, 3.05) is 0 Å². The van der Waals surface area contributed by atoms with Gasteiger partial charge in [0.25, 0.3) is 0 Å². The first-order chi connectivity index (χ1) is 11.4. The van der Waals surface area contributed by atoms with Gasteiger partial charge in [0.15, 0.2) is 0 Å². The van der Waals surface area contributed by atoms with Crippen molar-refractivity contribution in [1.82, 2.24) is 15.0 Å². The predicted molar refractivity (Wildman–Crippen MR) is 95.7 cm³/mol. The van der Waals surface area contributed by atoms with E-state index in [1.165, 1.54) is 20.2 Å². The largest absolute Gasteiger partial charge is 0.264 e. The zero-order valence-corrected chi connectivity index (χ0v) is 12.9. The van der Waals surface area contributed by atoms with E-state index in [4.69, 9.17) is 0 Å². The van der Waals surface area contributed by atoms with Gasteiger partial charge in [0, 0.05) is 55.7 Å². The average Bonchev–Trinajstić information content (AvgIpc) is 3.00. The molecule has 23 heavy (non-hydrogen) atoms. The lowest BCUT2D eigenvalue weighted by molar-refractivity contribution is 1.28. The number of thiophene rings is 1. The van der Waals surface area contributed by atoms with Gasteiger partial charge in [-0.3, -0.25) is 15.0 Å². The molecule has 3 nitrogen and oxygen atoms in total. The predicted octanol–water partition coefficient (Wildman–Crippen LogP) is 5.06. The van der Waals surface area contributed by atoms with Crippen molar-refractivity contribution in [2.45, 2.75) is 0 Å². The molecule has 0 saturated carbocycles. The van der Waals surface area contributed by atoms with Crippen LogP contribution in [0, 0.1) is 0 Å². The lowest BCUT2D eigenvalue weighted by atomic mass is 10.1. The first-order valence-electron chi connectivity index (χ1n) is 7.36. The van der Waals surface area contributed by atoms with Gasteiger partial charge in [0.1, 0.15) is 0 Å². The van der Waals surface area contributed by atoms with E-state index in [1.807, 2.05) is 24.7 Å². The first kappa shape index (κ1) is 12.7. The fourth-order valence-corrected chi connectivity index (χ4v) is 4.07. The highest BCUT2D eigenvalue weighted by Gasteiger charge is 2.13.